The standard InChI is InChI=1S/C25H31F3O3/c1-3-5-22(29)17-6-7-18(21(26)14-17)15-31-19-10-8-16(9-11-19)20-12-13-23(30-4-2)25(28)24(20)27/h6-7,12-14,16,19,22,29H,3-5,8-11,15H2,1-2H3. The molecule has 6 heteroatoms. The van der Waals surface area contributed by atoms with Gasteiger partial charge in [0.1, 0.15) is 5.82 Å². The van der Waals surface area contributed by atoms with E-state index in [9.17, 15) is 18.3 Å². The van der Waals surface area contributed by atoms with E-state index in [4.69, 9.17) is 9.47 Å². The van der Waals surface area contributed by atoms with Crippen molar-refractivity contribution in [2.45, 2.75) is 77.1 Å². The number of benzene rings is 2. The molecule has 1 N–H and O–H groups in total. The maximum absolute atomic E-state index is 14.5. The van der Waals surface area contributed by atoms with Crippen LogP contribution >= 0.6 is 0 Å². The first-order chi connectivity index (χ1) is 14.9. The van der Waals surface area contributed by atoms with Gasteiger partial charge in [-0.15, -0.1) is 0 Å². The predicted octanol–water partition coefficient (Wildman–Crippen LogP) is 6.58. The summed E-state index contributed by atoms with van der Waals surface area (Å²) in [4.78, 5) is 0. The molecule has 0 amide bonds. The van der Waals surface area contributed by atoms with Crippen molar-refractivity contribution in [3.8, 4) is 5.75 Å². The molecule has 0 radical (unpaired) electrons. The number of ether oxygens (including phenoxy) is 2. The second kappa shape index (κ2) is 11.0. The van der Waals surface area contributed by atoms with Crippen molar-refractivity contribution in [2.75, 3.05) is 6.61 Å². The molecule has 3 nitrogen and oxygen atoms in total. The maximum atomic E-state index is 14.5. The molecule has 0 aliphatic heterocycles. The van der Waals surface area contributed by atoms with Gasteiger partial charge in [-0.1, -0.05) is 31.5 Å². The molecule has 0 spiro atoms. The van der Waals surface area contributed by atoms with Crippen molar-refractivity contribution in [3.63, 3.8) is 0 Å². The molecule has 2 aromatic carbocycles. The van der Waals surface area contributed by atoms with Crippen LogP contribution in [0.1, 0.15) is 81.1 Å². The van der Waals surface area contributed by atoms with E-state index in [2.05, 4.69) is 0 Å². The van der Waals surface area contributed by atoms with Crippen molar-refractivity contribution >= 4 is 0 Å². The van der Waals surface area contributed by atoms with Crippen molar-refractivity contribution < 1.29 is 27.8 Å². The highest BCUT2D eigenvalue weighted by molar-refractivity contribution is 5.33. The molecule has 1 fully saturated rings. The lowest BCUT2D eigenvalue weighted by atomic mass is 9.82. The molecule has 2 aromatic rings. The molecule has 3 rings (SSSR count). The molecule has 0 saturated heterocycles. The van der Waals surface area contributed by atoms with Crippen LogP contribution < -0.4 is 4.74 Å². The molecule has 1 aliphatic carbocycles. The van der Waals surface area contributed by atoms with Crippen molar-refractivity contribution in [1.29, 1.82) is 0 Å². The third-order valence-electron chi connectivity index (χ3n) is 5.99. The van der Waals surface area contributed by atoms with Gasteiger partial charge in [0, 0.05) is 5.56 Å². The fourth-order valence-electron chi connectivity index (χ4n) is 4.21. The van der Waals surface area contributed by atoms with E-state index in [1.807, 2.05) is 6.92 Å². The first-order valence-corrected chi connectivity index (χ1v) is 11.1. The van der Waals surface area contributed by atoms with Crippen LogP contribution in [0, 0.1) is 17.5 Å². The molecule has 170 valence electrons. The summed E-state index contributed by atoms with van der Waals surface area (Å²) in [5.41, 5.74) is 1.41. The quantitative estimate of drug-likeness (QED) is 0.483. The zero-order chi connectivity index (χ0) is 22.4. The molecule has 1 unspecified atom stereocenters. The molecule has 1 saturated carbocycles. The Morgan fingerprint density at radius 2 is 1.74 bits per heavy atom. The van der Waals surface area contributed by atoms with Gasteiger partial charge < -0.3 is 14.6 Å². The minimum atomic E-state index is -0.930. The second-order valence-electron chi connectivity index (χ2n) is 8.15. The van der Waals surface area contributed by atoms with Crippen molar-refractivity contribution in [3.05, 3.63) is 64.5 Å². The SMILES string of the molecule is CCCC(O)c1ccc(COC2CCC(c3ccc(OCC)c(F)c3F)CC2)c(F)c1. The van der Waals surface area contributed by atoms with Gasteiger partial charge in [-0.05, 0) is 68.2 Å². The number of rotatable bonds is 9. The van der Waals surface area contributed by atoms with Gasteiger partial charge in [-0.3, -0.25) is 0 Å². The monoisotopic (exact) mass is 436 g/mol. The summed E-state index contributed by atoms with van der Waals surface area (Å²) in [7, 11) is 0. The number of hydrogen-bond donors (Lipinski definition) is 1. The van der Waals surface area contributed by atoms with Crippen LogP contribution in [-0.4, -0.2) is 17.8 Å². The summed E-state index contributed by atoms with van der Waals surface area (Å²) in [5, 5.41) is 10.0. The van der Waals surface area contributed by atoms with Crippen LogP contribution in [0.25, 0.3) is 0 Å². The summed E-state index contributed by atoms with van der Waals surface area (Å²) in [6, 6.07) is 7.87. The van der Waals surface area contributed by atoms with E-state index in [0.29, 0.717) is 48.8 Å². The van der Waals surface area contributed by atoms with Gasteiger partial charge in [-0.2, -0.15) is 4.39 Å². The smallest absolute Gasteiger partial charge is 0.200 e. The van der Waals surface area contributed by atoms with Crippen molar-refractivity contribution in [1.82, 2.24) is 0 Å². The molecular weight excluding hydrogens is 405 g/mol. The Morgan fingerprint density at radius 1 is 1.00 bits per heavy atom. The summed E-state index contributed by atoms with van der Waals surface area (Å²) < 4.78 is 54.0. The van der Waals surface area contributed by atoms with E-state index in [1.54, 1.807) is 25.1 Å². The normalized spacial score (nSPS) is 19.9. The predicted molar refractivity (Wildman–Crippen MR) is 114 cm³/mol. The minimum Gasteiger partial charge on any atom is -0.491 e. The molecule has 31 heavy (non-hydrogen) atoms. The third kappa shape index (κ3) is 5.80. The Balaban J connectivity index is 1.53. The highest BCUT2D eigenvalue weighted by Crippen LogP contribution is 2.37. The van der Waals surface area contributed by atoms with Gasteiger partial charge >= 0.3 is 0 Å². The van der Waals surface area contributed by atoms with E-state index >= 15 is 0 Å². The Labute approximate surface area is 182 Å². The van der Waals surface area contributed by atoms with Crippen LogP contribution in [0.2, 0.25) is 0 Å². The number of halogens is 3. The third-order valence-corrected chi connectivity index (χ3v) is 5.99. The summed E-state index contributed by atoms with van der Waals surface area (Å²) in [6.07, 6.45) is 3.48. The zero-order valence-corrected chi connectivity index (χ0v) is 18.2. The Morgan fingerprint density at radius 3 is 2.39 bits per heavy atom. The lowest BCUT2D eigenvalue weighted by Crippen LogP contribution is -2.21. The second-order valence-corrected chi connectivity index (χ2v) is 8.15. The highest BCUT2D eigenvalue weighted by Gasteiger charge is 2.27. The van der Waals surface area contributed by atoms with Gasteiger partial charge in [0.2, 0.25) is 5.82 Å². The molecule has 0 bridgehead atoms. The van der Waals surface area contributed by atoms with E-state index in [1.165, 1.54) is 12.1 Å². The van der Waals surface area contributed by atoms with Gasteiger partial charge in [0.15, 0.2) is 11.6 Å². The summed E-state index contributed by atoms with van der Waals surface area (Å²) in [5.74, 6) is -2.27. The topological polar surface area (TPSA) is 38.7 Å². The van der Waals surface area contributed by atoms with Crippen LogP contribution in [0.3, 0.4) is 0 Å². The van der Waals surface area contributed by atoms with Crippen LogP contribution in [0.5, 0.6) is 5.75 Å². The maximum Gasteiger partial charge on any atom is 0.200 e. The Kier molecular flexibility index (Phi) is 8.38. The van der Waals surface area contributed by atoms with Gasteiger partial charge in [0.25, 0.3) is 0 Å². The molecule has 1 atom stereocenters. The zero-order valence-electron chi connectivity index (χ0n) is 18.2. The lowest BCUT2D eigenvalue weighted by molar-refractivity contribution is 0.0118. The van der Waals surface area contributed by atoms with Crippen molar-refractivity contribution in [2.24, 2.45) is 0 Å². The average molecular weight is 437 g/mol. The van der Waals surface area contributed by atoms with Crippen LogP contribution in [0.15, 0.2) is 30.3 Å². The van der Waals surface area contributed by atoms with E-state index in [-0.39, 0.29) is 36.8 Å². The highest BCUT2D eigenvalue weighted by atomic mass is 19.2. The minimum absolute atomic E-state index is 0.0448. The summed E-state index contributed by atoms with van der Waals surface area (Å²) >= 11 is 0. The van der Waals surface area contributed by atoms with Crippen LogP contribution in [0.4, 0.5) is 13.2 Å². The summed E-state index contributed by atoms with van der Waals surface area (Å²) in [6.45, 7) is 4.12. The first kappa shape index (κ1) is 23.6. The molecule has 1 aliphatic rings. The Bertz CT molecular complexity index is 863. The van der Waals surface area contributed by atoms with E-state index in [0.717, 1.165) is 6.42 Å². The van der Waals surface area contributed by atoms with Gasteiger partial charge in [-0.25, -0.2) is 8.78 Å². The number of aliphatic hydroxyl groups excluding tert-OH is 1. The number of hydrogen-bond acceptors (Lipinski definition) is 3. The lowest BCUT2D eigenvalue weighted by Gasteiger charge is -2.29. The number of aliphatic hydroxyl groups is 1. The fraction of sp³-hybridized carbons (Fsp3) is 0.520. The molecule has 0 heterocycles. The van der Waals surface area contributed by atoms with E-state index < -0.39 is 17.7 Å². The molecular formula is C25H31F3O3. The fourth-order valence-corrected chi connectivity index (χ4v) is 4.21. The Hall–Kier alpha value is -2.05. The molecule has 0 aromatic heterocycles. The average Bonchev–Trinajstić information content (AvgIpc) is 2.77. The first-order valence-electron chi connectivity index (χ1n) is 11.1. The van der Waals surface area contributed by atoms with Crippen LogP contribution in [-0.2, 0) is 11.3 Å². The largest absolute Gasteiger partial charge is 0.491 e. The van der Waals surface area contributed by atoms with Gasteiger partial charge in [0.05, 0.1) is 25.4 Å².